The standard InChI is InChI=1S/C24H29N3O3S/c1-16-13-17(2)23(18(3)14-16)31(29,30)27-12-6-9-22(27)24(28)25-11-10-19-15-26-21-8-5-4-7-20(19)21/h4-5,7-8,13-15,22,26H,6,9-12H2,1-3H3,(H,25,28)/t22-/m1/s1. The Morgan fingerprint density at radius 2 is 1.87 bits per heavy atom. The Bertz CT molecular complexity index is 1210. The number of amides is 1. The van der Waals surface area contributed by atoms with E-state index in [1.54, 1.807) is 0 Å². The number of nitrogens with zero attached hydrogens (tertiary/aromatic N) is 1. The van der Waals surface area contributed by atoms with E-state index in [1.165, 1.54) is 4.31 Å². The van der Waals surface area contributed by atoms with Gasteiger partial charge in [0.25, 0.3) is 0 Å². The van der Waals surface area contributed by atoms with Crippen LogP contribution in [-0.4, -0.2) is 42.7 Å². The first-order chi connectivity index (χ1) is 14.8. The molecule has 0 saturated carbocycles. The Morgan fingerprint density at radius 3 is 2.61 bits per heavy atom. The Kier molecular flexibility index (Phi) is 5.90. The normalized spacial score (nSPS) is 17.3. The molecular weight excluding hydrogens is 410 g/mol. The van der Waals surface area contributed by atoms with E-state index in [1.807, 2.05) is 57.3 Å². The highest BCUT2D eigenvalue weighted by atomic mass is 32.2. The van der Waals surface area contributed by atoms with Crippen LogP contribution in [0.4, 0.5) is 0 Å². The molecule has 1 aromatic heterocycles. The van der Waals surface area contributed by atoms with Crippen molar-refractivity contribution in [2.24, 2.45) is 0 Å². The number of para-hydroxylation sites is 1. The Hall–Kier alpha value is -2.64. The van der Waals surface area contributed by atoms with E-state index in [4.69, 9.17) is 0 Å². The minimum Gasteiger partial charge on any atom is -0.361 e. The molecule has 1 saturated heterocycles. The maximum absolute atomic E-state index is 13.5. The SMILES string of the molecule is Cc1cc(C)c(S(=O)(=O)N2CCC[C@@H]2C(=O)NCCc2c[nH]c3ccccc23)c(C)c1. The molecule has 3 aromatic rings. The average Bonchev–Trinajstić information content (AvgIpc) is 3.35. The van der Waals surface area contributed by atoms with Crippen LogP contribution in [0.3, 0.4) is 0 Å². The van der Waals surface area contributed by atoms with Gasteiger partial charge in [0, 0.05) is 30.2 Å². The first-order valence-corrected chi connectivity index (χ1v) is 12.2. The summed E-state index contributed by atoms with van der Waals surface area (Å²) in [6.45, 7) is 6.43. The summed E-state index contributed by atoms with van der Waals surface area (Å²) < 4.78 is 28.3. The molecule has 0 unspecified atom stereocenters. The third-order valence-corrected chi connectivity index (χ3v) is 8.26. The average molecular weight is 440 g/mol. The van der Waals surface area contributed by atoms with Crippen molar-refractivity contribution in [3.05, 3.63) is 64.8 Å². The monoisotopic (exact) mass is 439 g/mol. The van der Waals surface area contributed by atoms with Gasteiger partial charge in [0.2, 0.25) is 15.9 Å². The minimum atomic E-state index is -3.74. The summed E-state index contributed by atoms with van der Waals surface area (Å²) in [5.74, 6) is -0.219. The maximum Gasteiger partial charge on any atom is 0.244 e. The van der Waals surface area contributed by atoms with Gasteiger partial charge in [-0.3, -0.25) is 4.79 Å². The highest BCUT2D eigenvalue weighted by Crippen LogP contribution is 2.30. The second-order valence-electron chi connectivity index (χ2n) is 8.40. The highest BCUT2D eigenvalue weighted by molar-refractivity contribution is 7.89. The quantitative estimate of drug-likeness (QED) is 0.616. The van der Waals surface area contributed by atoms with Crippen LogP contribution in [0.25, 0.3) is 10.9 Å². The Balaban J connectivity index is 1.47. The molecule has 2 N–H and O–H groups in total. The molecule has 6 nitrogen and oxygen atoms in total. The summed E-state index contributed by atoms with van der Waals surface area (Å²) >= 11 is 0. The number of hydrogen-bond donors (Lipinski definition) is 2. The van der Waals surface area contributed by atoms with Crippen LogP contribution in [-0.2, 0) is 21.2 Å². The lowest BCUT2D eigenvalue weighted by molar-refractivity contribution is -0.124. The molecule has 2 aromatic carbocycles. The fraction of sp³-hybridized carbons (Fsp3) is 0.375. The van der Waals surface area contributed by atoms with Gasteiger partial charge in [-0.15, -0.1) is 0 Å². The van der Waals surface area contributed by atoms with Gasteiger partial charge in [-0.2, -0.15) is 4.31 Å². The second-order valence-corrected chi connectivity index (χ2v) is 10.2. The number of aryl methyl sites for hydroxylation is 3. The zero-order valence-corrected chi connectivity index (χ0v) is 19.1. The molecule has 0 bridgehead atoms. The van der Waals surface area contributed by atoms with Crippen LogP contribution in [0.1, 0.15) is 35.1 Å². The van der Waals surface area contributed by atoms with E-state index in [0.717, 1.165) is 33.2 Å². The molecule has 4 rings (SSSR count). The predicted molar refractivity (Wildman–Crippen MR) is 123 cm³/mol. The van der Waals surface area contributed by atoms with Gasteiger partial charge in [-0.05, 0) is 62.8 Å². The van der Waals surface area contributed by atoms with Crippen molar-refractivity contribution in [3.8, 4) is 0 Å². The topological polar surface area (TPSA) is 82.3 Å². The van der Waals surface area contributed by atoms with E-state index in [0.29, 0.717) is 37.2 Å². The maximum atomic E-state index is 13.5. The van der Waals surface area contributed by atoms with Crippen molar-refractivity contribution >= 4 is 26.8 Å². The number of aromatic amines is 1. The molecule has 0 radical (unpaired) electrons. The number of rotatable bonds is 6. The minimum absolute atomic E-state index is 0.219. The van der Waals surface area contributed by atoms with Crippen molar-refractivity contribution in [1.29, 1.82) is 0 Å². The predicted octanol–water partition coefficient (Wildman–Crippen LogP) is 3.61. The molecule has 7 heteroatoms. The van der Waals surface area contributed by atoms with Crippen LogP contribution in [0.2, 0.25) is 0 Å². The zero-order chi connectivity index (χ0) is 22.2. The number of carbonyl (C=O) groups excluding carboxylic acids is 1. The third kappa shape index (κ3) is 4.12. The summed E-state index contributed by atoms with van der Waals surface area (Å²) in [7, 11) is -3.74. The molecule has 1 amide bonds. The molecule has 1 aliphatic rings. The van der Waals surface area contributed by atoms with E-state index in [2.05, 4.69) is 16.4 Å². The Morgan fingerprint density at radius 1 is 1.16 bits per heavy atom. The van der Waals surface area contributed by atoms with E-state index in [-0.39, 0.29) is 5.91 Å². The smallest absolute Gasteiger partial charge is 0.244 e. The van der Waals surface area contributed by atoms with E-state index in [9.17, 15) is 13.2 Å². The summed E-state index contributed by atoms with van der Waals surface area (Å²) in [6, 6.07) is 11.2. The lowest BCUT2D eigenvalue weighted by atomic mass is 10.1. The summed E-state index contributed by atoms with van der Waals surface area (Å²) in [5, 5.41) is 4.11. The highest BCUT2D eigenvalue weighted by Gasteiger charge is 2.40. The molecule has 0 spiro atoms. The summed E-state index contributed by atoms with van der Waals surface area (Å²) in [5.41, 5.74) is 4.69. The number of aromatic nitrogens is 1. The summed E-state index contributed by atoms with van der Waals surface area (Å²) in [4.78, 5) is 16.5. The number of hydrogen-bond acceptors (Lipinski definition) is 3. The van der Waals surface area contributed by atoms with Gasteiger partial charge in [-0.25, -0.2) is 8.42 Å². The zero-order valence-electron chi connectivity index (χ0n) is 18.2. The molecule has 31 heavy (non-hydrogen) atoms. The van der Waals surface area contributed by atoms with Crippen molar-refractivity contribution in [2.45, 2.75) is 51.0 Å². The number of sulfonamides is 1. The van der Waals surface area contributed by atoms with Crippen LogP contribution >= 0.6 is 0 Å². The lowest BCUT2D eigenvalue weighted by Crippen LogP contribution is -2.46. The van der Waals surface area contributed by atoms with Gasteiger partial charge < -0.3 is 10.3 Å². The third-order valence-electron chi connectivity index (χ3n) is 6.05. The van der Waals surface area contributed by atoms with Crippen molar-refractivity contribution in [2.75, 3.05) is 13.1 Å². The second kappa shape index (κ2) is 8.48. The van der Waals surface area contributed by atoms with Crippen LogP contribution in [0, 0.1) is 20.8 Å². The molecule has 0 aliphatic carbocycles. The van der Waals surface area contributed by atoms with Crippen molar-refractivity contribution in [1.82, 2.24) is 14.6 Å². The molecule has 1 atom stereocenters. The number of carbonyl (C=O) groups is 1. The fourth-order valence-corrected chi connectivity index (χ4v) is 6.83. The van der Waals surface area contributed by atoms with Gasteiger partial charge in [-0.1, -0.05) is 35.9 Å². The van der Waals surface area contributed by atoms with Crippen molar-refractivity contribution < 1.29 is 13.2 Å². The largest absolute Gasteiger partial charge is 0.361 e. The molecule has 2 heterocycles. The number of fused-ring (bicyclic) bond motifs is 1. The van der Waals surface area contributed by atoms with Gasteiger partial charge in [0.05, 0.1) is 4.90 Å². The van der Waals surface area contributed by atoms with Crippen LogP contribution in [0.5, 0.6) is 0 Å². The van der Waals surface area contributed by atoms with Crippen LogP contribution in [0.15, 0.2) is 47.5 Å². The first kappa shape index (κ1) is 21.6. The first-order valence-electron chi connectivity index (χ1n) is 10.7. The molecular formula is C24H29N3O3S. The number of H-pyrrole nitrogens is 1. The summed E-state index contributed by atoms with van der Waals surface area (Å²) in [6.07, 6.45) is 3.88. The van der Waals surface area contributed by atoms with Crippen molar-refractivity contribution in [3.63, 3.8) is 0 Å². The van der Waals surface area contributed by atoms with E-state index < -0.39 is 16.1 Å². The molecule has 164 valence electrons. The van der Waals surface area contributed by atoms with Gasteiger partial charge in [0.1, 0.15) is 6.04 Å². The van der Waals surface area contributed by atoms with E-state index >= 15 is 0 Å². The fourth-order valence-electron chi connectivity index (χ4n) is 4.76. The van der Waals surface area contributed by atoms with Gasteiger partial charge >= 0.3 is 0 Å². The molecule has 1 fully saturated rings. The lowest BCUT2D eigenvalue weighted by Gasteiger charge is -2.25. The number of nitrogens with one attached hydrogen (secondary N) is 2. The number of benzene rings is 2. The van der Waals surface area contributed by atoms with Gasteiger partial charge in [0.15, 0.2) is 0 Å². The molecule has 1 aliphatic heterocycles. The Labute approximate surface area is 183 Å². The van der Waals surface area contributed by atoms with Crippen LogP contribution < -0.4 is 5.32 Å².